The number of ether oxygens (including phenoxy) is 8. The Morgan fingerprint density at radius 2 is 0.899 bits per heavy atom. The molecule has 12 rings (SSSR count). The Balaban J connectivity index is 0.000000178. The maximum Gasteiger partial charge on any atom is 1.00 e. The number of aryl methyl sites for hydroxylation is 3. The van der Waals surface area contributed by atoms with Gasteiger partial charge in [-0.15, -0.1) is 0 Å². The summed E-state index contributed by atoms with van der Waals surface area (Å²) in [4.78, 5) is 26.0. The Kier molecular flexibility index (Phi) is 23.7. The van der Waals surface area contributed by atoms with Crippen LogP contribution in [0.4, 0.5) is 34.8 Å². The Bertz CT molecular complexity index is 4130. The molecule has 89 heavy (non-hydrogen) atoms. The van der Waals surface area contributed by atoms with Gasteiger partial charge in [-0.3, -0.25) is 0 Å². The summed E-state index contributed by atoms with van der Waals surface area (Å²) < 4.78 is 46.4. The number of fused-ring (bicyclic) bond motifs is 3. The molecule has 3 aliphatic rings. The van der Waals surface area contributed by atoms with E-state index in [0.29, 0.717) is 77.9 Å². The third-order valence-electron chi connectivity index (χ3n) is 13.7. The minimum atomic E-state index is 0. The van der Waals surface area contributed by atoms with Crippen LogP contribution in [0.1, 0.15) is 51.5 Å². The molecule has 0 saturated heterocycles. The van der Waals surface area contributed by atoms with E-state index < -0.39 is 0 Å². The second-order valence-corrected chi connectivity index (χ2v) is 22.4. The van der Waals surface area contributed by atoms with Crippen molar-refractivity contribution >= 4 is 112 Å². The topological polar surface area (TPSA) is 208 Å². The van der Waals surface area contributed by atoms with Gasteiger partial charge in [0.05, 0.1) is 68.5 Å². The molecule has 23 heteroatoms. The Hall–Kier alpha value is -7.89. The number of aromatic hydroxyl groups is 1. The van der Waals surface area contributed by atoms with Gasteiger partial charge in [-0.05, 0) is 158 Å². The van der Waals surface area contributed by atoms with E-state index in [1.165, 1.54) is 11.1 Å². The second-order valence-electron chi connectivity index (χ2n) is 19.5. The van der Waals surface area contributed by atoms with Crippen LogP contribution in [-0.4, -0.2) is 77.7 Å². The molecule has 4 N–H and O–H groups in total. The van der Waals surface area contributed by atoms with E-state index in [-0.39, 0.29) is 37.0 Å². The predicted octanol–water partition coefficient (Wildman–Crippen LogP) is 14.4. The van der Waals surface area contributed by atoms with Gasteiger partial charge < -0.3 is 60.4 Å². The Morgan fingerprint density at radius 1 is 0.472 bits per heavy atom. The third kappa shape index (κ3) is 16.7. The van der Waals surface area contributed by atoms with Crippen LogP contribution in [0.25, 0.3) is 18.2 Å². The first kappa shape index (κ1) is 67.0. The molecule has 0 atom stereocenters. The summed E-state index contributed by atoms with van der Waals surface area (Å²) >= 11 is 16.2. The standard InChI is InChI=1S/2C22H20BrN3O3.C13H13BrClN3O2.C9H8O.Na.H/c1-13-10-15(11-19(27-2)20(13)28-3)25-22-24-12-17(23)21(26-22)29-18-9-5-7-14-6-4-8-16(14)18;1-13-10-15(11-19(27-2)20(13)28-3)25-21-17(23)12-24-22(26-21)29-18-9-5-7-14-6-4-8-16(14)18;1-7-4-8(5-10(19-2)11(7)20-3)17-13-16-6-9(14)12(15)18-13;10-9-6-2-4-7-3-1-5-8(7)9;;/h2*4-7,9-12H,8H2,1-3H3,(H,24,25,26);4-6H,1-3H3,(H,16,17,18);1-4,6,10H,5H2;;/q;;;;+1;-1. The quantitative estimate of drug-likeness (QED) is 0.0524. The van der Waals surface area contributed by atoms with Crippen LogP contribution in [0, 0.1) is 20.8 Å². The van der Waals surface area contributed by atoms with E-state index in [9.17, 15) is 5.11 Å². The van der Waals surface area contributed by atoms with Crippen molar-refractivity contribution in [1.82, 2.24) is 29.9 Å². The molecule has 0 radical (unpaired) electrons. The summed E-state index contributed by atoms with van der Waals surface area (Å²) in [7, 11) is 9.66. The zero-order valence-electron chi connectivity index (χ0n) is 51.4. The van der Waals surface area contributed by atoms with Crippen molar-refractivity contribution in [3.8, 4) is 63.6 Å². The number of anilines is 6. The molecular formula is C66H62Br3ClN9NaO9. The van der Waals surface area contributed by atoms with E-state index in [2.05, 4.69) is 136 Å². The van der Waals surface area contributed by atoms with Gasteiger partial charge in [-0.2, -0.15) is 15.0 Å². The molecule has 3 heterocycles. The zero-order chi connectivity index (χ0) is 62.4. The van der Waals surface area contributed by atoms with Crippen LogP contribution in [0.2, 0.25) is 5.15 Å². The molecule has 454 valence electrons. The summed E-state index contributed by atoms with van der Waals surface area (Å²) in [6, 6.07) is 29.2. The van der Waals surface area contributed by atoms with Crippen molar-refractivity contribution < 1.29 is 74.0 Å². The fourth-order valence-corrected chi connectivity index (χ4v) is 10.5. The summed E-state index contributed by atoms with van der Waals surface area (Å²) in [5, 5.41) is 19.2. The van der Waals surface area contributed by atoms with Gasteiger partial charge in [0.25, 0.3) is 0 Å². The van der Waals surface area contributed by atoms with Crippen LogP contribution >= 0.6 is 59.4 Å². The van der Waals surface area contributed by atoms with Gasteiger partial charge in [-0.25, -0.2) is 15.0 Å². The van der Waals surface area contributed by atoms with Crippen LogP contribution in [0.15, 0.2) is 141 Å². The largest absolute Gasteiger partial charge is 1.00 e. The molecule has 0 amide bonds. The van der Waals surface area contributed by atoms with E-state index in [0.717, 1.165) is 91.2 Å². The number of allylic oxidation sites excluding steroid dienone is 3. The summed E-state index contributed by atoms with van der Waals surface area (Å²) in [6.45, 7) is 5.84. The molecule has 6 aromatic carbocycles. The molecule has 18 nitrogen and oxygen atoms in total. The van der Waals surface area contributed by atoms with Crippen molar-refractivity contribution in [2.24, 2.45) is 0 Å². The number of rotatable bonds is 16. The summed E-state index contributed by atoms with van der Waals surface area (Å²) in [5.74, 6) is 7.86. The van der Waals surface area contributed by atoms with E-state index in [1.54, 1.807) is 67.3 Å². The van der Waals surface area contributed by atoms with Crippen molar-refractivity contribution in [3.63, 3.8) is 0 Å². The smallest absolute Gasteiger partial charge is 1.00 e. The molecule has 9 aromatic rings. The Morgan fingerprint density at radius 3 is 1.37 bits per heavy atom. The first-order valence-corrected chi connectivity index (χ1v) is 30.0. The summed E-state index contributed by atoms with van der Waals surface area (Å²) in [6.07, 6.45) is 20.0. The maximum atomic E-state index is 9.29. The van der Waals surface area contributed by atoms with Gasteiger partial charge in [-0.1, -0.05) is 84.5 Å². The van der Waals surface area contributed by atoms with Crippen molar-refractivity contribution in [3.05, 3.63) is 196 Å². The monoisotopic (exact) mass is 1420 g/mol. The Labute approximate surface area is 570 Å². The van der Waals surface area contributed by atoms with Gasteiger partial charge in [0.1, 0.15) is 22.4 Å². The van der Waals surface area contributed by atoms with Crippen molar-refractivity contribution in [2.75, 3.05) is 58.6 Å². The number of methoxy groups -OCH3 is 6. The average molecular weight is 1420 g/mol. The number of benzene rings is 6. The molecule has 0 spiro atoms. The van der Waals surface area contributed by atoms with E-state index in [4.69, 9.17) is 49.5 Å². The molecule has 0 saturated carbocycles. The van der Waals surface area contributed by atoms with Crippen LogP contribution in [0.5, 0.6) is 63.6 Å². The van der Waals surface area contributed by atoms with Crippen LogP contribution < -0.4 is 83.4 Å². The van der Waals surface area contributed by atoms with Gasteiger partial charge in [0.2, 0.25) is 17.8 Å². The normalized spacial score (nSPS) is 11.6. The number of phenols is 1. The first-order valence-electron chi connectivity index (χ1n) is 27.2. The number of nitrogens with one attached hydrogen (secondary N) is 3. The molecule has 0 unspecified atom stereocenters. The van der Waals surface area contributed by atoms with Crippen molar-refractivity contribution in [1.29, 1.82) is 0 Å². The second kappa shape index (κ2) is 31.5. The van der Waals surface area contributed by atoms with E-state index in [1.807, 2.05) is 99.6 Å². The van der Waals surface area contributed by atoms with Crippen molar-refractivity contribution in [2.45, 2.75) is 40.0 Å². The van der Waals surface area contributed by atoms with Gasteiger partial charge >= 0.3 is 35.6 Å². The number of aromatic nitrogens is 6. The molecule has 3 aromatic heterocycles. The van der Waals surface area contributed by atoms with Gasteiger partial charge in [0, 0.05) is 58.1 Å². The molecule has 0 bridgehead atoms. The number of hydrogen-bond acceptors (Lipinski definition) is 18. The molecule has 3 aliphatic carbocycles. The van der Waals surface area contributed by atoms with Crippen LogP contribution in [-0.2, 0) is 19.3 Å². The number of halogens is 4. The number of nitrogens with zero attached hydrogens (tertiary/aromatic N) is 6. The SMILES string of the molecule is COc1cc(Nc2nc(Oc3cccc4c3CC=C4)ncc2Br)cc(C)c1OC.COc1cc(Nc2ncc(Br)c(Cl)n2)cc(C)c1OC.COc1cc(Nc2ncc(Br)c(Oc3cccc4c3CC=C4)n2)cc(C)c1OC.Oc1cccc2c1CC=C2.[H-].[Na+]. The summed E-state index contributed by atoms with van der Waals surface area (Å²) in [5.41, 5.74) is 12.1. The van der Waals surface area contributed by atoms with Gasteiger partial charge in [0.15, 0.2) is 40.3 Å². The molecule has 0 aliphatic heterocycles. The average Bonchev–Trinajstić information content (AvgIpc) is 2.09. The molecule has 0 fully saturated rings. The fourth-order valence-electron chi connectivity index (χ4n) is 9.64. The number of phenolic OH excluding ortho intramolecular Hbond substituents is 1. The first-order chi connectivity index (χ1) is 42.6. The third-order valence-corrected chi connectivity index (χ3v) is 15.9. The fraction of sp³-hybridized carbons (Fsp3) is 0.182. The number of hydrogen-bond donors (Lipinski definition) is 4. The predicted molar refractivity (Wildman–Crippen MR) is 357 cm³/mol. The minimum absolute atomic E-state index is 0. The maximum absolute atomic E-state index is 9.29. The molecular weight excluding hydrogens is 1360 g/mol. The minimum Gasteiger partial charge on any atom is -1.00 e. The zero-order valence-corrected chi connectivity index (χ0v) is 57.9. The van der Waals surface area contributed by atoms with Crippen LogP contribution in [0.3, 0.4) is 0 Å². The van der Waals surface area contributed by atoms with E-state index >= 15 is 0 Å².